The lowest BCUT2D eigenvalue weighted by Crippen LogP contribution is -2.61. The third-order valence-electron chi connectivity index (χ3n) is 7.71. The van der Waals surface area contributed by atoms with Crippen molar-refractivity contribution in [3.63, 3.8) is 0 Å². The summed E-state index contributed by atoms with van der Waals surface area (Å²) in [6.45, 7) is 8.53. The second-order valence-electron chi connectivity index (χ2n) is 8.88. The summed E-state index contributed by atoms with van der Waals surface area (Å²) in [4.78, 5) is 0. The van der Waals surface area contributed by atoms with Gasteiger partial charge in [-0.1, -0.05) is 26.8 Å². The zero-order valence-electron chi connectivity index (χ0n) is 14.8. The van der Waals surface area contributed by atoms with Gasteiger partial charge in [0.1, 0.15) is 0 Å². The molecule has 0 radical (unpaired) electrons. The minimum Gasteiger partial charge on any atom is -0.347 e. The van der Waals surface area contributed by atoms with Crippen molar-refractivity contribution >= 4 is 0 Å². The van der Waals surface area contributed by atoms with Gasteiger partial charge in [0.15, 0.2) is 5.79 Å². The van der Waals surface area contributed by atoms with E-state index in [-0.39, 0.29) is 16.2 Å². The molecule has 3 heteroatoms. The summed E-state index contributed by atoms with van der Waals surface area (Å²) in [5.41, 5.74) is 1.37. The van der Waals surface area contributed by atoms with Gasteiger partial charge in [0.25, 0.3) is 0 Å². The normalized spacial score (nSPS) is 44.1. The van der Waals surface area contributed by atoms with Crippen molar-refractivity contribution in [1.29, 1.82) is 5.26 Å². The topological polar surface area (TPSA) is 42.2 Å². The molecule has 1 heterocycles. The van der Waals surface area contributed by atoms with Crippen LogP contribution in [0.1, 0.15) is 65.7 Å². The van der Waals surface area contributed by atoms with Gasteiger partial charge in [-0.25, -0.2) is 0 Å². The Labute approximate surface area is 140 Å². The maximum atomic E-state index is 9.98. The van der Waals surface area contributed by atoms with E-state index >= 15 is 0 Å². The Hall–Kier alpha value is -0.850. The minimum atomic E-state index is -0.404. The minimum absolute atomic E-state index is 0.0175. The van der Waals surface area contributed by atoms with Crippen LogP contribution in [0.2, 0.25) is 0 Å². The molecule has 3 aliphatic carbocycles. The highest BCUT2D eigenvalue weighted by Gasteiger charge is 2.66. The van der Waals surface area contributed by atoms with Crippen molar-refractivity contribution < 1.29 is 9.47 Å². The molecule has 1 aliphatic heterocycles. The van der Waals surface area contributed by atoms with E-state index in [0.717, 1.165) is 58.2 Å². The first-order valence-corrected chi connectivity index (χ1v) is 9.31. The summed E-state index contributed by atoms with van der Waals surface area (Å²) in [5, 5.41) is 9.98. The molecule has 3 fully saturated rings. The summed E-state index contributed by atoms with van der Waals surface area (Å²) < 4.78 is 12.3. The van der Waals surface area contributed by atoms with Gasteiger partial charge in [-0.05, 0) is 55.4 Å². The van der Waals surface area contributed by atoms with Crippen LogP contribution < -0.4 is 0 Å². The fraction of sp³-hybridized carbons (Fsp3) is 0.850. The summed E-state index contributed by atoms with van der Waals surface area (Å²) in [7, 11) is 0. The van der Waals surface area contributed by atoms with E-state index in [1.165, 1.54) is 5.57 Å². The summed E-state index contributed by atoms with van der Waals surface area (Å²) in [6, 6.07) is 2.74. The molecule has 0 amide bonds. The summed E-state index contributed by atoms with van der Waals surface area (Å²) in [6.07, 6.45) is 9.93. The number of hydrogen-bond acceptors (Lipinski definition) is 3. The van der Waals surface area contributed by atoms with E-state index in [1.54, 1.807) is 0 Å². The molecule has 0 aromatic heterocycles. The third-order valence-corrected chi connectivity index (χ3v) is 7.71. The van der Waals surface area contributed by atoms with E-state index in [0.29, 0.717) is 5.92 Å². The lowest BCUT2D eigenvalue weighted by atomic mass is 9.43. The van der Waals surface area contributed by atoms with Crippen molar-refractivity contribution in [3.05, 3.63) is 11.6 Å². The smallest absolute Gasteiger partial charge is 0.173 e. The van der Waals surface area contributed by atoms with Gasteiger partial charge in [0, 0.05) is 11.8 Å². The second-order valence-corrected chi connectivity index (χ2v) is 8.88. The number of nitrogens with zero attached hydrogens (tertiary/aromatic N) is 1. The zero-order valence-corrected chi connectivity index (χ0v) is 14.8. The fourth-order valence-corrected chi connectivity index (χ4v) is 6.54. The molecule has 1 spiro atoms. The Morgan fingerprint density at radius 2 is 1.83 bits per heavy atom. The highest BCUT2D eigenvalue weighted by atomic mass is 16.7. The molecular weight excluding hydrogens is 286 g/mol. The zero-order chi connectivity index (χ0) is 16.3. The molecule has 0 aromatic rings. The van der Waals surface area contributed by atoms with E-state index in [9.17, 15) is 5.26 Å². The molecule has 4 rings (SSSR count). The largest absolute Gasteiger partial charge is 0.347 e. The monoisotopic (exact) mass is 315 g/mol. The van der Waals surface area contributed by atoms with E-state index < -0.39 is 5.79 Å². The second kappa shape index (κ2) is 4.83. The van der Waals surface area contributed by atoms with Crippen LogP contribution in [0.4, 0.5) is 0 Å². The number of rotatable bonds is 0. The molecule has 0 unspecified atom stereocenters. The lowest BCUT2D eigenvalue weighted by molar-refractivity contribution is -0.284. The maximum Gasteiger partial charge on any atom is 0.173 e. The molecule has 2 saturated carbocycles. The number of fused-ring (bicyclic) bond motifs is 3. The first kappa shape index (κ1) is 15.7. The van der Waals surface area contributed by atoms with E-state index in [4.69, 9.17) is 9.47 Å². The van der Waals surface area contributed by atoms with Crippen LogP contribution in [0.25, 0.3) is 0 Å². The van der Waals surface area contributed by atoms with Crippen LogP contribution >= 0.6 is 0 Å². The van der Waals surface area contributed by atoms with Crippen molar-refractivity contribution in [1.82, 2.24) is 0 Å². The first-order valence-electron chi connectivity index (χ1n) is 9.31. The fourth-order valence-electron chi connectivity index (χ4n) is 6.54. The van der Waals surface area contributed by atoms with Crippen molar-refractivity contribution in [2.45, 2.75) is 71.5 Å². The van der Waals surface area contributed by atoms with Crippen LogP contribution in [-0.4, -0.2) is 19.0 Å². The third kappa shape index (κ3) is 1.83. The van der Waals surface area contributed by atoms with Crippen LogP contribution in [0.3, 0.4) is 0 Å². The molecule has 0 bridgehead atoms. The molecule has 0 aromatic carbocycles. The standard InChI is InChI=1S/C20H29NO2/c1-17(2)15-7-9-19(14-21)8-5-4-6-16(19)18(15,3)10-11-20(17)22-12-13-23-20/h6,15H,4-5,7-13H2,1-3H3/t15-,18-,19+/m0/s1. The van der Waals surface area contributed by atoms with Crippen LogP contribution in [0.5, 0.6) is 0 Å². The molecule has 126 valence electrons. The summed E-state index contributed by atoms with van der Waals surface area (Å²) in [5.74, 6) is 0.117. The van der Waals surface area contributed by atoms with Gasteiger partial charge < -0.3 is 9.47 Å². The van der Waals surface area contributed by atoms with Crippen LogP contribution in [0, 0.1) is 33.5 Å². The predicted octanol–water partition coefficient (Wildman–Crippen LogP) is 4.59. The number of hydrogen-bond donors (Lipinski definition) is 0. The van der Waals surface area contributed by atoms with Crippen molar-refractivity contribution in [3.8, 4) is 6.07 Å². The van der Waals surface area contributed by atoms with Crippen molar-refractivity contribution in [2.24, 2.45) is 22.2 Å². The molecule has 1 saturated heterocycles. The highest BCUT2D eigenvalue weighted by Crippen LogP contribution is 2.68. The Bertz CT molecular complexity index is 581. The van der Waals surface area contributed by atoms with Crippen LogP contribution in [0.15, 0.2) is 11.6 Å². The van der Waals surface area contributed by atoms with Crippen molar-refractivity contribution in [2.75, 3.05) is 13.2 Å². The SMILES string of the molecule is CC1(C)[C@@H]2CC[C@@]3(C#N)CCCC=C3[C@@]2(C)CCC12OCCO2. The maximum absolute atomic E-state index is 9.98. The Kier molecular flexibility index (Phi) is 3.29. The number of ether oxygens (including phenoxy) is 2. The van der Waals surface area contributed by atoms with Gasteiger partial charge in [-0.15, -0.1) is 0 Å². The number of allylic oxidation sites excluding steroid dienone is 2. The van der Waals surface area contributed by atoms with Gasteiger partial charge in [-0.2, -0.15) is 5.26 Å². The van der Waals surface area contributed by atoms with Crippen LogP contribution in [-0.2, 0) is 9.47 Å². The average molecular weight is 315 g/mol. The Morgan fingerprint density at radius 1 is 1.09 bits per heavy atom. The van der Waals surface area contributed by atoms with Gasteiger partial charge >= 0.3 is 0 Å². The highest BCUT2D eigenvalue weighted by molar-refractivity contribution is 5.36. The molecular formula is C20H29NO2. The lowest BCUT2D eigenvalue weighted by Gasteiger charge is -2.63. The van der Waals surface area contributed by atoms with Gasteiger partial charge in [-0.3, -0.25) is 0 Å². The Morgan fingerprint density at radius 3 is 2.52 bits per heavy atom. The number of nitriles is 1. The molecule has 4 aliphatic rings. The predicted molar refractivity (Wildman–Crippen MR) is 88.5 cm³/mol. The Balaban J connectivity index is 1.78. The van der Waals surface area contributed by atoms with E-state index in [1.807, 2.05) is 0 Å². The first-order chi connectivity index (χ1) is 10.9. The van der Waals surface area contributed by atoms with Gasteiger partial charge in [0.05, 0.1) is 24.7 Å². The van der Waals surface area contributed by atoms with Gasteiger partial charge in [0.2, 0.25) is 0 Å². The molecule has 3 atom stereocenters. The average Bonchev–Trinajstić information content (AvgIpc) is 3.03. The molecule has 23 heavy (non-hydrogen) atoms. The molecule has 3 nitrogen and oxygen atoms in total. The summed E-state index contributed by atoms with van der Waals surface area (Å²) >= 11 is 0. The van der Waals surface area contributed by atoms with E-state index in [2.05, 4.69) is 32.9 Å². The molecule has 0 N–H and O–H groups in total. The quantitative estimate of drug-likeness (QED) is 0.614.